The first-order valence-corrected chi connectivity index (χ1v) is 30.8. The summed E-state index contributed by atoms with van der Waals surface area (Å²) in [6.45, 7) is 3.22. The Labute approximate surface area is 527 Å². The van der Waals surface area contributed by atoms with Gasteiger partial charge >= 0.3 is 0 Å². The molecule has 30 nitrogen and oxygen atoms in total. The number of benzene rings is 2. The lowest BCUT2D eigenvalue weighted by atomic mass is 10.00. The smallest absolute Gasteiger partial charge is 0.245 e. The van der Waals surface area contributed by atoms with Crippen LogP contribution in [0, 0.1) is 11.3 Å². The van der Waals surface area contributed by atoms with E-state index in [0.29, 0.717) is 42.6 Å². The Bertz CT molecular complexity index is 3140. The molecule has 494 valence electrons. The van der Waals surface area contributed by atoms with Crippen LogP contribution in [0.1, 0.15) is 101 Å². The number of fused-ring (bicyclic) bond motifs is 1. The van der Waals surface area contributed by atoms with Crippen LogP contribution < -0.4 is 70.0 Å². The third-order valence-corrected chi connectivity index (χ3v) is 15.7. The highest BCUT2D eigenvalue weighted by Gasteiger charge is 2.40. The van der Waals surface area contributed by atoms with E-state index in [-0.39, 0.29) is 95.1 Å². The fraction of sp³-hybridized carbons (Fsp3) is 0.525. The van der Waals surface area contributed by atoms with Crippen LogP contribution in [-0.2, 0) is 72.0 Å². The van der Waals surface area contributed by atoms with Crippen LogP contribution in [0.25, 0.3) is 10.9 Å². The maximum Gasteiger partial charge on any atom is 0.245 e. The lowest BCUT2D eigenvalue weighted by Crippen LogP contribution is -2.61. The molecule has 0 unspecified atom stereocenters. The van der Waals surface area contributed by atoms with E-state index in [1.165, 1.54) is 17.4 Å². The number of para-hydroxylation sites is 1. The maximum absolute atomic E-state index is 14.8. The van der Waals surface area contributed by atoms with Crippen molar-refractivity contribution in [2.75, 3.05) is 39.8 Å². The number of nitrogens with two attached hydrogens (primary N) is 2. The highest BCUT2D eigenvalue weighted by Crippen LogP contribution is 2.22. The third kappa shape index (κ3) is 22.2. The molecule has 30 heteroatoms. The van der Waals surface area contributed by atoms with Gasteiger partial charge in [-0.15, -0.1) is 0 Å². The SMILES string of the molecule is CNCCCCC[C@@H](NC(=O)[C@H](Cc1ccccc1)NC(=O)[C@H](CO)NC(=O)[C@H](Cc1c[nH]c2ccccc12)NC(=O)[C@H](Cc1cnc[nH]1)NC(=O)[C@@H]1CCC(=O)N1)C(=O)N[C@@H](CC(C)C)C(=O)N[C@@H](CCCNC(=N)N)C(=O)N1CCC[C@H]1C(=O)NCC(N)=O. The lowest BCUT2D eigenvalue weighted by molar-refractivity contribution is -0.142. The second-order valence-electron chi connectivity index (χ2n) is 23.2. The van der Waals surface area contributed by atoms with Crippen molar-refractivity contribution in [3.05, 3.63) is 90.1 Å². The normalized spacial score (nSPS) is 16.8. The van der Waals surface area contributed by atoms with Crippen molar-refractivity contribution in [3.63, 3.8) is 0 Å². The number of aliphatic hydroxyl groups excluding tert-OH is 1. The molecule has 0 radical (unpaired) electrons. The Morgan fingerprint density at radius 3 is 1.93 bits per heavy atom. The van der Waals surface area contributed by atoms with E-state index in [2.05, 4.69) is 73.4 Å². The van der Waals surface area contributed by atoms with Crippen LogP contribution in [0.3, 0.4) is 0 Å². The average Bonchev–Trinajstić information content (AvgIpc) is 2.19. The number of aliphatic hydroxyl groups is 1. The van der Waals surface area contributed by atoms with Gasteiger partial charge in [0.25, 0.3) is 0 Å². The van der Waals surface area contributed by atoms with Crippen LogP contribution in [0.2, 0.25) is 0 Å². The van der Waals surface area contributed by atoms with E-state index in [1.54, 1.807) is 49.6 Å². The van der Waals surface area contributed by atoms with Crippen LogP contribution >= 0.6 is 0 Å². The predicted octanol–water partition coefficient (Wildman–Crippen LogP) is -2.73. The Hall–Kier alpha value is -9.45. The monoisotopic (exact) mass is 1260 g/mol. The molecule has 2 aliphatic rings. The number of H-pyrrole nitrogens is 2. The number of carbonyl (C=O) groups is 11. The molecule has 0 aliphatic carbocycles. The van der Waals surface area contributed by atoms with Gasteiger partial charge in [0.2, 0.25) is 65.0 Å². The number of imidazole rings is 1. The van der Waals surface area contributed by atoms with Crippen molar-refractivity contribution < 1.29 is 57.8 Å². The number of nitrogens with one attached hydrogen (secondary N) is 14. The fourth-order valence-corrected chi connectivity index (χ4v) is 10.9. The Morgan fingerprint density at radius 2 is 1.29 bits per heavy atom. The van der Waals surface area contributed by atoms with E-state index < -0.39 is 127 Å². The van der Waals surface area contributed by atoms with Gasteiger partial charge in [-0.3, -0.25) is 58.1 Å². The molecular formula is C61H88N18O12. The number of rotatable bonds is 37. The van der Waals surface area contributed by atoms with E-state index in [9.17, 15) is 57.8 Å². The summed E-state index contributed by atoms with van der Waals surface area (Å²) in [4.78, 5) is 163. The molecule has 2 aromatic heterocycles. The molecule has 2 fully saturated rings. The summed E-state index contributed by atoms with van der Waals surface area (Å²) < 4.78 is 0. The summed E-state index contributed by atoms with van der Waals surface area (Å²) in [7, 11) is 1.80. The van der Waals surface area contributed by atoms with Gasteiger partial charge in [-0.25, -0.2) is 4.98 Å². The first-order chi connectivity index (χ1) is 43.6. The van der Waals surface area contributed by atoms with E-state index in [0.717, 1.165) is 17.3 Å². The first kappa shape index (κ1) is 70.6. The topological polar surface area (TPSA) is 464 Å². The summed E-state index contributed by atoms with van der Waals surface area (Å²) in [5.74, 6) is -8.50. The molecule has 19 N–H and O–H groups in total. The minimum Gasteiger partial charge on any atom is -0.394 e. The van der Waals surface area contributed by atoms with Crippen molar-refractivity contribution in [1.29, 1.82) is 5.41 Å². The molecule has 0 bridgehead atoms. The molecule has 6 rings (SSSR count). The number of unbranched alkanes of at least 4 members (excludes halogenated alkanes) is 2. The third-order valence-electron chi connectivity index (χ3n) is 15.7. The molecule has 2 aromatic carbocycles. The second kappa shape index (κ2) is 35.7. The number of primary amides is 1. The summed E-state index contributed by atoms with van der Waals surface area (Å²) in [6.07, 6.45) is 7.35. The zero-order valence-corrected chi connectivity index (χ0v) is 51.6. The van der Waals surface area contributed by atoms with Gasteiger partial charge in [0, 0.05) is 67.8 Å². The number of nitrogens with zero attached hydrogens (tertiary/aromatic N) is 2. The molecule has 0 saturated carbocycles. The molecule has 9 atom stereocenters. The largest absolute Gasteiger partial charge is 0.394 e. The Kier molecular flexibility index (Phi) is 27.7. The van der Waals surface area contributed by atoms with Crippen LogP contribution in [-0.4, -0.2) is 190 Å². The van der Waals surface area contributed by atoms with E-state index >= 15 is 0 Å². The zero-order valence-electron chi connectivity index (χ0n) is 51.6. The number of amides is 11. The minimum absolute atomic E-state index is 0.0286. The molecule has 4 heterocycles. The molecule has 4 aromatic rings. The van der Waals surface area contributed by atoms with Crippen LogP contribution in [0.5, 0.6) is 0 Å². The van der Waals surface area contributed by atoms with Crippen LogP contribution in [0.15, 0.2) is 73.3 Å². The average molecular weight is 1270 g/mol. The zero-order chi connectivity index (χ0) is 66.0. The van der Waals surface area contributed by atoms with Gasteiger partial charge in [0.05, 0.1) is 19.5 Å². The van der Waals surface area contributed by atoms with Gasteiger partial charge < -0.3 is 89.9 Å². The van der Waals surface area contributed by atoms with Crippen molar-refractivity contribution in [2.24, 2.45) is 17.4 Å². The summed E-state index contributed by atoms with van der Waals surface area (Å²) >= 11 is 0. The first-order valence-electron chi connectivity index (χ1n) is 30.8. The number of aromatic amines is 2. The number of carbonyl (C=O) groups excluding carboxylic acids is 11. The van der Waals surface area contributed by atoms with Gasteiger partial charge in [-0.2, -0.15) is 0 Å². The number of hydrogen-bond acceptors (Lipinski definition) is 15. The van der Waals surface area contributed by atoms with Crippen molar-refractivity contribution in [3.8, 4) is 0 Å². The lowest BCUT2D eigenvalue weighted by Gasteiger charge is -2.30. The standard InChI is InChI=1S/C61H88N18O12/c1-35(2)26-44(54(85)73-43(19-12-24-67-61(63)64)60(91)79-25-13-20-49(79)59(90)69-32-50(62)81)74-52(83)41(18-8-5-11-23-65-3)72-55(86)45(27-36-14-6-4-7-15-36)75-58(89)48(33-80)78-56(87)46(28-37-30-68-40-17-10-9-16-39(37)40)76-57(88)47(29-38-31-66-34-70-38)77-53(84)42-21-22-51(82)71-42/h4,6-7,9-10,14-17,30-31,34-35,41-49,65,68,80H,5,8,11-13,18-29,32-33H2,1-3H3,(H2,62,81)(H,66,70)(H,69,90)(H,71,82)(H,72,86)(H,73,85)(H,74,83)(H,75,89)(H,76,88)(H,77,84)(H,78,87)(H4,63,64,67)/t41-,42+,43+,44+,45+,46+,47+,48+,49+/m1/s1. The van der Waals surface area contributed by atoms with E-state index in [1.807, 2.05) is 32.0 Å². The molecule has 2 saturated heterocycles. The Morgan fingerprint density at radius 1 is 0.670 bits per heavy atom. The summed E-state index contributed by atoms with van der Waals surface area (Å²) in [5.41, 5.74) is 13.1. The fourth-order valence-electron chi connectivity index (χ4n) is 10.9. The molecule has 0 spiro atoms. The molecule has 11 amide bonds. The molecular weight excluding hydrogens is 1180 g/mol. The summed E-state index contributed by atoms with van der Waals surface area (Å²) in [5, 5.41) is 49.0. The second-order valence-corrected chi connectivity index (χ2v) is 23.2. The van der Waals surface area contributed by atoms with Crippen LogP contribution in [0.4, 0.5) is 0 Å². The predicted molar refractivity (Wildman–Crippen MR) is 334 cm³/mol. The van der Waals surface area contributed by atoms with E-state index in [4.69, 9.17) is 16.9 Å². The van der Waals surface area contributed by atoms with Crippen molar-refractivity contribution in [1.82, 2.24) is 78.3 Å². The maximum atomic E-state index is 14.8. The molecule has 2 aliphatic heterocycles. The molecule has 91 heavy (non-hydrogen) atoms. The highest BCUT2D eigenvalue weighted by atomic mass is 16.3. The number of hydrogen-bond donors (Lipinski definition) is 17. The van der Waals surface area contributed by atoms with Gasteiger partial charge in [0.1, 0.15) is 54.4 Å². The minimum atomic E-state index is -1.73. The number of likely N-dealkylation sites (tertiary alicyclic amines) is 1. The van der Waals surface area contributed by atoms with Gasteiger partial charge in [-0.1, -0.05) is 75.2 Å². The van der Waals surface area contributed by atoms with Crippen molar-refractivity contribution >= 4 is 81.8 Å². The quantitative estimate of drug-likeness (QED) is 0.0124. The number of guanidine groups is 1. The van der Waals surface area contributed by atoms with Gasteiger partial charge in [-0.05, 0) is 88.1 Å². The van der Waals surface area contributed by atoms with Gasteiger partial charge in [0.15, 0.2) is 5.96 Å². The Balaban J connectivity index is 1.23. The highest BCUT2D eigenvalue weighted by molar-refractivity contribution is 5.99. The van der Waals surface area contributed by atoms with Crippen molar-refractivity contribution in [2.45, 2.75) is 158 Å². The number of aromatic nitrogens is 3. The summed E-state index contributed by atoms with van der Waals surface area (Å²) in [6, 6.07) is 4.24.